The van der Waals surface area contributed by atoms with E-state index in [1.165, 1.54) is 18.6 Å². The second kappa shape index (κ2) is 8.39. The Morgan fingerprint density at radius 3 is 2.54 bits per heavy atom. The van der Waals surface area contributed by atoms with Gasteiger partial charge in [-0.25, -0.2) is 4.39 Å². The van der Waals surface area contributed by atoms with Gasteiger partial charge in [-0.1, -0.05) is 18.2 Å². The number of nitrogens with zero attached hydrogens (tertiary/aromatic N) is 3. The van der Waals surface area contributed by atoms with Gasteiger partial charge in [-0.3, -0.25) is 14.7 Å². The third-order valence-corrected chi connectivity index (χ3v) is 6.14. The van der Waals surface area contributed by atoms with E-state index in [2.05, 4.69) is 23.1 Å². The summed E-state index contributed by atoms with van der Waals surface area (Å²) < 4.78 is 13.1. The number of amides is 1. The van der Waals surface area contributed by atoms with Crippen LogP contribution in [0.3, 0.4) is 0 Å². The number of hydrogen-bond acceptors (Lipinski definition) is 3. The van der Waals surface area contributed by atoms with Gasteiger partial charge in [0.05, 0.1) is 11.7 Å². The first-order valence-corrected chi connectivity index (χ1v) is 10.3. The molecular weight excluding hydrogens is 353 g/mol. The second-order valence-electron chi connectivity index (χ2n) is 7.99. The van der Waals surface area contributed by atoms with E-state index in [4.69, 9.17) is 4.98 Å². The summed E-state index contributed by atoms with van der Waals surface area (Å²) in [5, 5.41) is 0. The molecule has 0 saturated carbocycles. The summed E-state index contributed by atoms with van der Waals surface area (Å²) in [6.07, 6.45) is 5.15. The predicted molar refractivity (Wildman–Crippen MR) is 107 cm³/mol. The third-order valence-electron chi connectivity index (χ3n) is 6.14. The lowest BCUT2D eigenvalue weighted by Crippen LogP contribution is -2.46. The third kappa shape index (κ3) is 4.25. The molecule has 0 N–H and O–H groups in total. The van der Waals surface area contributed by atoms with Crippen LogP contribution in [0.1, 0.15) is 55.6 Å². The van der Waals surface area contributed by atoms with Crippen molar-refractivity contribution in [3.05, 3.63) is 65.2 Å². The number of halogens is 1. The topological polar surface area (TPSA) is 36.4 Å². The maximum atomic E-state index is 13.1. The Morgan fingerprint density at radius 1 is 1.07 bits per heavy atom. The highest BCUT2D eigenvalue weighted by Gasteiger charge is 2.34. The largest absolute Gasteiger partial charge is 0.343 e. The van der Waals surface area contributed by atoms with Crippen molar-refractivity contribution in [2.75, 3.05) is 19.6 Å². The van der Waals surface area contributed by atoms with E-state index >= 15 is 0 Å². The summed E-state index contributed by atoms with van der Waals surface area (Å²) in [4.78, 5) is 21.1. The number of likely N-dealkylation sites (tertiary alicyclic amines) is 2. The number of carbonyl (C=O) groups excluding carboxylic acids is 1. The van der Waals surface area contributed by atoms with Gasteiger partial charge in [0.15, 0.2) is 0 Å². The molecule has 4 rings (SSSR count). The number of benzene rings is 1. The van der Waals surface area contributed by atoms with Gasteiger partial charge in [0.1, 0.15) is 5.82 Å². The quantitative estimate of drug-likeness (QED) is 0.804. The first-order chi connectivity index (χ1) is 13.6. The van der Waals surface area contributed by atoms with Gasteiger partial charge in [-0.15, -0.1) is 0 Å². The summed E-state index contributed by atoms with van der Waals surface area (Å²) in [5.74, 6) is -0.0190. The van der Waals surface area contributed by atoms with Crippen LogP contribution < -0.4 is 0 Å². The normalized spacial score (nSPS) is 21.2. The van der Waals surface area contributed by atoms with Crippen LogP contribution in [0.15, 0.2) is 42.5 Å². The van der Waals surface area contributed by atoms with Crippen LogP contribution in [0.4, 0.5) is 4.39 Å². The number of rotatable bonds is 4. The second-order valence-corrected chi connectivity index (χ2v) is 7.99. The average molecular weight is 381 g/mol. The van der Waals surface area contributed by atoms with Gasteiger partial charge in [0.25, 0.3) is 0 Å². The monoisotopic (exact) mass is 381 g/mol. The smallest absolute Gasteiger partial charge is 0.219 e. The van der Waals surface area contributed by atoms with Gasteiger partial charge < -0.3 is 4.90 Å². The Balaban J connectivity index is 1.45. The molecule has 2 saturated heterocycles. The molecule has 0 bridgehead atoms. The van der Waals surface area contributed by atoms with Crippen molar-refractivity contribution < 1.29 is 9.18 Å². The molecule has 2 fully saturated rings. The van der Waals surface area contributed by atoms with Crippen molar-refractivity contribution in [2.45, 2.75) is 51.1 Å². The molecule has 4 nitrogen and oxygen atoms in total. The molecule has 1 aromatic carbocycles. The molecule has 28 heavy (non-hydrogen) atoms. The highest BCUT2D eigenvalue weighted by atomic mass is 19.1. The number of carbonyl (C=O) groups is 1. The van der Waals surface area contributed by atoms with E-state index < -0.39 is 0 Å². The fourth-order valence-electron chi connectivity index (χ4n) is 4.65. The zero-order chi connectivity index (χ0) is 19.5. The summed E-state index contributed by atoms with van der Waals surface area (Å²) in [5.41, 5.74) is 3.25. The molecule has 1 aromatic heterocycles. The minimum atomic E-state index is -0.206. The summed E-state index contributed by atoms with van der Waals surface area (Å²) in [7, 11) is 0. The van der Waals surface area contributed by atoms with Crippen molar-refractivity contribution in [1.82, 2.24) is 14.8 Å². The van der Waals surface area contributed by atoms with Crippen molar-refractivity contribution in [1.29, 1.82) is 0 Å². The number of hydrogen-bond donors (Lipinski definition) is 0. The summed E-state index contributed by atoms with van der Waals surface area (Å²) in [6.45, 7) is 4.50. The van der Waals surface area contributed by atoms with Gasteiger partial charge in [-0.05, 0) is 62.1 Å². The molecule has 0 aliphatic carbocycles. The highest BCUT2D eigenvalue weighted by molar-refractivity contribution is 5.73. The SMILES string of the molecule is CC(=O)N1CCC(N2CCC[C@@H]2c2cccc(Cc3ccc(F)cc3)n2)CC1. The molecule has 5 heteroatoms. The molecule has 0 radical (unpaired) electrons. The Labute approximate surface area is 166 Å². The van der Waals surface area contributed by atoms with Gasteiger partial charge in [-0.2, -0.15) is 0 Å². The Hall–Kier alpha value is -2.27. The van der Waals surface area contributed by atoms with Crippen molar-refractivity contribution in [2.24, 2.45) is 0 Å². The van der Waals surface area contributed by atoms with E-state index in [-0.39, 0.29) is 11.7 Å². The average Bonchev–Trinajstić information content (AvgIpc) is 3.20. The zero-order valence-corrected chi connectivity index (χ0v) is 16.5. The van der Waals surface area contributed by atoms with Crippen LogP contribution in [0.5, 0.6) is 0 Å². The summed E-state index contributed by atoms with van der Waals surface area (Å²) >= 11 is 0. The molecule has 0 unspecified atom stereocenters. The lowest BCUT2D eigenvalue weighted by molar-refractivity contribution is -0.130. The zero-order valence-electron chi connectivity index (χ0n) is 16.5. The Kier molecular flexibility index (Phi) is 5.72. The number of aromatic nitrogens is 1. The van der Waals surface area contributed by atoms with Crippen LogP contribution >= 0.6 is 0 Å². The Bertz CT molecular complexity index is 815. The van der Waals surface area contributed by atoms with Crippen LogP contribution in [0.2, 0.25) is 0 Å². The Morgan fingerprint density at radius 2 is 1.82 bits per heavy atom. The summed E-state index contributed by atoms with van der Waals surface area (Å²) in [6, 6.07) is 13.8. The van der Waals surface area contributed by atoms with Gasteiger partial charge in [0.2, 0.25) is 5.91 Å². The lowest BCUT2D eigenvalue weighted by atomic mass is 10.0. The molecule has 2 aliphatic heterocycles. The predicted octanol–water partition coefficient (Wildman–Crippen LogP) is 3.96. The van der Waals surface area contributed by atoms with Crippen molar-refractivity contribution in [3.63, 3.8) is 0 Å². The molecule has 3 heterocycles. The fourth-order valence-corrected chi connectivity index (χ4v) is 4.65. The molecular formula is C23H28FN3O. The van der Waals surface area contributed by atoms with E-state index in [0.717, 1.165) is 62.3 Å². The molecule has 148 valence electrons. The fraction of sp³-hybridized carbons (Fsp3) is 0.478. The van der Waals surface area contributed by atoms with Crippen molar-refractivity contribution in [3.8, 4) is 0 Å². The molecule has 0 spiro atoms. The van der Waals surface area contributed by atoms with E-state index in [0.29, 0.717) is 12.1 Å². The van der Waals surface area contributed by atoms with Crippen LogP contribution in [0.25, 0.3) is 0 Å². The first kappa shape index (κ1) is 19.1. The maximum Gasteiger partial charge on any atom is 0.219 e. The van der Waals surface area contributed by atoms with Crippen molar-refractivity contribution >= 4 is 5.91 Å². The van der Waals surface area contributed by atoms with E-state index in [1.807, 2.05) is 17.0 Å². The van der Waals surface area contributed by atoms with Crippen LogP contribution in [-0.2, 0) is 11.2 Å². The lowest BCUT2D eigenvalue weighted by Gasteiger charge is -2.39. The van der Waals surface area contributed by atoms with Crippen LogP contribution in [-0.4, -0.2) is 46.4 Å². The molecule has 2 aliphatic rings. The molecule has 1 atom stereocenters. The number of piperidine rings is 1. The minimum Gasteiger partial charge on any atom is -0.343 e. The molecule has 2 aromatic rings. The van der Waals surface area contributed by atoms with Gasteiger partial charge >= 0.3 is 0 Å². The van der Waals surface area contributed by atoms with E-state index in [1.54, 1.807) is 6.92 Å². The minimum absolute atomic E-state index is 0.187. The number of pyridine rings is 1. The first-order valence-electron chi connectivity index (χ1n) is 10.3. The molecule has 1 amide bonds. The van der Waals surface area contributed by atoms with Crippen LogP contribution in [0, 0.1) is 5.82 Å². The van der Waals surface area contributed by atoms with E-state index in [9.17, 15) is 9.18 Å². The highest BCUT2D eigenvalue weighted by Crippen LogP contribution is 2.35. The standard InChI is InChI=1S/C23H28FN3O/c1-17(28)26-14-11-21(12-15-26)27-13-3-6-23(27)22-5-2-4-20(25-22)16-18-7-9-19(24)10-8-18/h2,4-5,7-10,21,23H,3,6,11-16H2,1H3/t23-/m1/s1. The van der Waals surface area contributed by atoms with Gasteiger partial charge in [0, 0.05) is 38.2 Å². The maximum absolute atomic E-state index is 13.1.